The van der Waals surface area contributed by atoms with Crippen LogP contribution in [-0.4, -0.2) is 22.6 Å². The lowest BCUT2D eigenvalue weighted by atomic mass is 10.1. The van der Waals surface area contributed by atoms with Crippen LogP contribution in [0.15, 0.2) is 47.0 Å². The Morgan fingerprint density at radius 1 is 1.23 bits per heavy atom. The van der Waals surface area contributed by atoms with E-state index >= 15 is 0 Å². The monoisotopic (exact) mass is 367 g/mol. The van der Waals surface area contributed by atoms with Gasteiger partial charge in [-0.15, -0.1) is 0 Å². The predicted octanol–water partition coefficient (Wildman–Crippen LogP) is 4.08. The van der Waals surface area contributed by atoms with E-state index in [1.54, 1.807) is 0 Å². The topological polar surface area (TPSA) is 59.2 Å². The maximum absolute atomic E-state index is 12.7. The van der Waals surface area contributed by atoms with Gasteiger partial charge in [-0.2, -0.15) is 4.98 Å². The molecule has 0 saturated carbocycles. The Kier molecular flexibility index (Phi) is 4.47. The highest BCUT2D eigenvalue weighted by molar-refractivity contribution is 6.30. The summed E-state index contributed by atoms with van der Waals surface area (Å²) in [7, 11) is 0. The predicted molar refractivity (Wildman–Crippen MR) is 100 cm³/mol. The molecular weight excluding hydrogens is 350 g/mol. The van der Waals surface area contributed by atoms with E-state index in [1.165, 1.54) is 0 Å². The number of hydrogen-bond acceptors (Lipinski definition) is 4. The molecule has 132 valence electrons. The van der Waals surface area contributed by atoms with Gasteiger partial charge < -0.3 is 9.42 Å². The standard InChI is InChI=1S/C20H18ClN3O2/c1-2-18-22-20(23-26-18)15-5-8-17-14(12-15)9-10-24(17)19(25)11-13-3-6-16(21)7-4-13/h3-8,12H,2,9-11H2,1H3. The molecule has 0 spiro atoms. The van der Waals surface area contributed by atoms with Crippen molar-refractivity contribution in [2.45, 2.75) is 26.2 Å². The van der Waals surface area contributed by atoms with Crippen LogP contribution in [0.2, 0.25) is 5.02 Å². The number of aryl methyl sites for hydroxylation is 1. The lowest BCUT2D eigenvalue weighted by molar-refractivity contribution is -0.117. The summed E-state index contributed by atoms with van der Waals surface area (Å²) in [6.45, 7) is 2.67. The van der Waals surface area contributed by atoms with Crippen LogP contribution in [0, 0.1) is 0 Å². The summed E-state index contributed by atoms with van der Waals surface area (Å²) in [5.74, 6) is 1.31. The maximum atomic E-state index is 12.7. The second kappa shape index (κ2) is 6.92. The smallest absolute Gasteiger partial charge is 0.231 e. The minimum absolute atomic E-state index is 0.0895. The third-order valence-corrected chi connectivity index (χ3v) is 4.83. The van der Waals surface area contributed by atoms with Gasteiger partial charge in [-0.05, 0) is 47.9 Å². The minimum Gasteiger partial charge on any atom is -0.339 e. The molecule has 2 aromatic carbocycles. The maximum Gasteiger partial charge on any atom is 0.231 e. The Hall–Kier alpha value is -2.66. The molecule has 0 radical (unpaired) electrons. The van der Waals surface area contributed by atoms with Crippen LogP contribution in [0.1, 0.15) is 23.9 Å². The largest absolute Gasteiger partial charge is 0.339 e. The SMILES string of the molecule is CCc1nc(-c2ccc3c(c2)CCN3C(=O)Cc2ccc(Cl)cc2)no1. The number of aromatic nitrogens is 2. The van der Waals surface area contributed by atoms with Crippen molar-refractivity contribution >= 4 is 23.2 Å². The lowest BCUT2D eigenvalue weighted by Crippen LogP contribution is -2.30. The number of hydrogen-bond donors (Lipinski definition) is 0. The molecule has 1 aromatic heterocycles. The normalized spacial score (nSPS) is 13.1. The van der Waals surface area contributed by atoms with Gasteiger partial charge in [0.15, 0.2) is 0 Å². The Morgan fingerprint density at radius 3 is 2.77 bits per heavy atom. The second-order valence-corrected chi connectivity index (χ2v) is 6.74. The van der Waals surface area contributed by atoms with Crippen molar-refractivity contribution in [1.82, 2.24) is 10.1 Å². The zero-order valence-corrected chi connectivity index (χ0v) is 15.2. The number of benzene rings is 2. The van der Waals surface area contributed by atoms with Gasteiger partial charge in [0.1, 0.15) is 0 Å². The number of fused-ring (bicyclic) bond motifs is 1. The van der Waals surface area contributed by atoms with Crippen LogP contribution in [-0.2, 0) is 24.1 Å². The van der Waals surface area contributed by atoms with E-state index < -0.39 is 0 Å². The minimum atomic E-state index is 0.0895. The molecule has 1 aliphatic rings. The highest BCUT2D eigenvalue weighted by Gasteiger charge is 2.25. The van der Waals surface area contributed by atoms with Gasteiger partial charge in [-0.25, -0.2) is 0 Å². The van der Waals surface area contributed by atoms with E-state index in [4.69, 9.17) is 16.1 Å². The summed E-state index contributed by atoms with van der Waals surface area (Å²) in [5, 5.41) is 4.70. The summed E-state index contributed by atoms with van der Waals surface area (Å²) >= 11 is 5.91. The van der Waals surface area contributed by atoms with Crippen LogP contribution < -0.4 is 4.90 Å². The molecule has 26 heavy (non-hydrogen) atoms. The summed E-state index contributed by atoms with van der Waals surface area (Å²) in [6, 6.07) is 13.4. The zero-order valence-electron chi connectivity index (χ0n) is 14.4. The first-order valence-corrected chi connectivity index (χ1v) is 9.02. The van der Waals surface area contributed by atoms with Gasteiger partial charge in [0.25, 0.3) is 0 Å². The fraction of sp³-hybridized carbons (Fsp3) is 0.250. The first-order chi connectivity index (χ1) is 12.6. The molecule has 5 nitrogen and oxygen atoms in total. The van der Waals surface area contributed by atoms with E-state index in [1.807, 2.05) is 48.2 Å². The van der Waals surface area contributed by atoms with Gasteiger partial charge in [-0.3, -0.25) is 4.79 Å². The number of halogens is 1. The molecule has 0 bridgehead atoms. The summed E-state index contributed by atoms with van der Waals surface area (Å²) in [5.41, 5.74) is 3.98. The second-order valence-electron chi connectivity index (χ2n) is 6.31. The average Bonchev–Trinajstić information content (AvgIpc) is 3.29. The highest BCUT2D eigenvalue weighted by atomic mass is 35.5. The molecule has 0 saturated heterocycles. The first kappa shape index (κ1) is 16.8. The summed E-state index contributed by atoms with van der Waals surface area (Å²) in [6.07, 6.45) is 1.90. The van der Waals surface area contributed by atoms with Crippen molar-refractivity contribution in [3.05, 3.63) is 64.5 Å². The number of carbonyl (C=O) groups excluding carboxylic acids is 1. The van der Waals surface area contributed by atoms with Crippen molar-refractivity contribution in [2.75, 3.05) is 11.4 Å². The van der Waals surface area contributed by atoms with Gasteiger partial charge in [0.05, 0.1) is 6.42 Å². The number of nitrogens with zero attached hydrogens (tertiary/aromatic N) is 3. The lowest BCUT2D eigenvalue weighted by Gasteiger charge is -2.17. The highest BCUT2D eigenvalue weighted by Crippen LogP contribution is 2.32. The molecule has 6 heteroatoms. The van der Waals surface area contributed by atoms with Gasteiger partial charge in [0.2, 0.25) is 17.6 Å². The quantitative estimate of drug-likeness (QED) is 0.697. The Balaban J connectivity index is 1.54. The van der Waals surface area contributed by atoms with Gasteiger partial charge in [0, 0.05) is 29.2 Å². The van der Waals surface area contributed by atoms with Gasteiger partial charge >= 0.3 is 0 Å². The summed E-state index contributed by atoms with van der Waals surface area (Å²) < 4.78 is 5.19. The molecule has 0 aliphatic carbocycles. The first-order valence-electron chi connectivity index (χ1n) is 8.64. The number of amides is 1. The van der Waals surface area contributed by atoms with Crippen LogP contribution >= 0.6 is 11.6 Å². The van der Waals surface area contributed by atoms with Crippen LogP contribution in [0.5, 0.6) is 0 Å². The molecule has 0 N–H and O–H groups in total. The number of rotatable bonds is 4. The van der Waals surface area contributed by atoms with Crippen molar-refractivity contribution in [3.63, 3.8) is 0 Å². The molecule has 2 heterocycles. The van der Waals surface area contributed by atoms with Crippen LogP contribution in [0.4, 0.5) is 5.69 Å². The van der Waals surface area contributed by atoms with Crippen molar-refractivity contribution in [3.8, 4) is 11.4 Å². The molecule has 1 aliphatic heterocycles. The van der Waals surface area contributed by atoms with E-state index in [9.17, 15) is 4.79 Å². The van der Waals surface area contributed by atoms with E-state index in [-0.39, 0.29) is 5.91 Å². The Labute approximate surface area is 156 Å². The van der Waals surface area contributed by atoms with Crippen molar-refractivity contribution < 1.29 is 9.32 Å². The van der Waals surface area contributed by atoms with Crippen molar-refractivity contribution in [2.24, 2.45) is 0 Å². The average molecular weight is 368 g/mol. The number of carbonyl (C=O) groups is 1. The molecule has 3 aromatic rings. The summed E-state index contributed by atoms with van der Waals surface area (Å²) in [4.78, 5) is 18.9. The third kappa shape index (κ3) is 3.22. The molecule has 0 fully saturated rings. The molecule has 1 amide bonds. The van der Waals surface area contributed by atoms with Crippen LogP contribution in [0.25, 0.3) is 11.4 Å². The Morgan fingerprint density at radius 2 is 2.04 bits per heavy atom. The molecule has 0 atom stereocenters. The van der Waals surface area contributed by atoms with E-state index in [0.717, 1.165) is 28.8 Å². The number of anilines is 1. The van der Waals surface area contributed by atoms with E-state index in [0.29, 0.717) is 36.1 Å². The molecule has 0 unspecified atom stereocenters. The van der Waals surface area contributed by atoms with Gasteiger partial charge in [-0.1, -0.05) is 35.8 Å². The van der Waals surface area contributed by atoms with Crippen LogP contribution in [0.3, 0.4) is 0 Å². The third-order valence-electron chi connectivity index (χ3n) is 4.57. The fourth-order valence-corrected chi connectivity index (χ4v) is 3.31. The van der Waals surface area contributed by atoms with Crippen molar-refractivity contribution in [1.29, 1.82) is 0 Å². The van der Waals surface area contributed by atoms with E-state index in [2.05, 4.69) is 16.2 Å². The fourth-order valence-electron chi connectivity index (χ4n) is 3.19. The Bertz CT molecular complexity index is 950. The molecule has 4 rings (SSSR count). The molecular formula is C20H18ClN3O2. The zero-order chi connectivity index (χ0) is 18.1.